The Balaban J connectivity index is 2.20. The van der Waals surface area contributed by atoms with Gasteiger partial charge < -0.3 is 4.90 Å². The number of amidine groups is 1. The molecule has 1 aliphatic heterocycles. The Morgan fingerprint density at radius 1 is 1.23 bits per heavy atom. The summed E-state index contributed by atoms with van der Waals surface area (Å²) in [4.78, 5) is 6.81. The third kappa shape index (κ3) is 1.89. The molecular weight excluding hydrogens is 160 g/mol. The average molecular weight is 174 g/mol. The van der Waals surface area contributed by atoms with Gasteiger partial charge in [0.2, 0.25) is 0 Å². The van der Waals surface area contributed by atoms with E-state index in [0.29, 0.717) is 0 Å². The largest absolute Gasteiger partial charge is 0.363 e. The molecule has 0 aliphatic carbocycles. The summed E-state index contributed by atoms with van der Waals surface area (Å²) in [5.41, 5.74) is 1.06. The van der Waals surface area contributed by atoms with Crippen LogP contribution in [-0.4, -0.2) is 24.3 Å². The van der Waals surface area contributed by atoms with Crippen molar-refractivity contribution in [3.63, 3.8) is 0 Å². The van der Waals surface area contributed by atoms with Gasteiger partial charge >= 0.3 is 0 Å². The van der Waals surface area contributed by atoms with E-state index >= 15 is 0 Å². The van der Waals surface area contributed by atoms with Crippen molar-refractivity contribution in [2.24, 2.45) is 4.99 Å². The number of hydrogen-bond donors (Lipinski definition) is 0. The molecule has 0 radical (unpaired) electrons. The van der Waals surface area contributed by atoms with Gasteiger partial charge in [0.25, 0.3) is 0 Å². The van der Waals surface area contributed by atoms with Gasteiger partial charge in [-0.2, -0.15) is 0 Å². The number of benzene rings is 1. The van der Waals surface area contributed by atoms with E-state index in [2.05, 4.69) is 16.9 Å². The van der Waals surface area contributed by atoms with E-state index in [4.69, 9.17) is 0 Å². The first kappa shape index (κ1) is 8.30. The van der Waals surface area contributed by atoms with Gasteiger partial charge in [0.15, 0.2) is 0 Å². The van der Waals surface area contributed by atoms with Crippen LogP contribution in [0.3, 0.4) is 0 Å². The third-order valence-electron chi connectivity index (χ3n) is 2.35. The summed E-state index contributed by atoms with van der Waals surface area (Å²) >= 11 is 0. The lowest BCUT2D eigenvalue weighted by molar-refractivity contribution is 0.550. The van der Waals surface area contributed by atoms with E-state index < -0.39 is 0 Å². The molecule has 1 aliphatic rings. The quantitative estimate of drug-likeness (QED) is 0.638. The molecule has 0 amide bonds. The van der Waals surface area contributed by atoms with Gasteiger partial charge in [-0.05, 0) is 18.6 Å². The fourth-order valence-electron chi connectivity index (χ4n) is 1.59. The summed E-state index contributed by atoms with van der Waals surface area (Å²) in [6, 6.07) is 10.1. The molecule has 0 spiro atoms. The van der Waals surface area contributed by atoms with Crippen molar-refractivity contribution in [1.82, 2.24) is 4.90 Å². The topological polar surface area (TPSA) is 15.6 Å². The summed E-state index contributed by atoms with van der Waals surface area (Å²) in [5.74, 6) is 1.21. The predicted molar refractivity (Wildman–Crippen MR) is 55.4 cm³/mol. The monoisotopic (exact) mass is 174 g/mol. The van der Waals surface area contributed by atoms with Crippen LogP contribution in [0, 0.1) is 0 Å². The molecular formula is C11H14N2. The molecule has 1 aromatic rings. The van der Waals surface area contributed by atoms with E-state index in [1.165, 1.54) is 12.3 Å². The SMILES string of the molecule is CN1CCC/C1=N/c1ccccc1. The summed E-state index contributed by atoms with van der Waals surface area (Å²) in [6.45, 7) is 1.14. The number of nitrogens with zero attached hydrogens (tertiary/aromatic N) is 2. The summed E-state index contributed by atoms with van der Waals surface area (Å²) in [7, 11) is 2.11. The number of likely N-dealkylation sites (tertiary alicyclic amines) is 1. The van der Waals surface area contributed by atoms with Crippen molar-refractivity contribution in [2.75, 3.05) is 13.6 Å². The molecule has 1 aromatic carbocycles. The lowest BCUT2D eigenvalue weighted by atomic mass is 10.3. The zero-order valence-electron chi connectivity index (χ0n) is 7.90. The normalized spacial score (nSPS) is 19.8. The summed E-state index contributed by atoms with van der Waals surface area (Å²) < 4.78 is 0. The first-order chi connectivity index (χ1) is 6.36. The van der Waals surface area contributed by atoms with Crippen molar-refractivity contribution in [3.05, 3.63) is 30.3 Å². The Bertz CT molecular complexity index is 303. The number of hydrogen-bond acceptors (Lipinski definition) is 1. The van der Waals surface area contributed by atoms with Crippen LogP contribution in [0.4, 0.5) is 5.69 Å². The molecule has 0 unspecified atom stereocenters. The van der Waals surface area contributed by atoms with Crippen LogP contribution < -0.4 is 0 Å². The van der Waals surface area contributed by atoms with Crippen LogP contribution in [0.5, 0.6) is 0 Å². The number of para-hydroxylation sites is 1. The first-order valence-corrected chi connectivity index (χ1v) is 4.70. The Hall–Kier alpha value is -1.31. The zero-order valence-corrected chi connectivity index (χ0v) is 7.90. The number of aliphatic imine (C=N–C) groups is 1. The van der Waals surface area contributed by atoms with Crippen molar-refractivity contribution in [1.29, 1.82) is 0 Å². The van der Waals surface area contributed by atoms with Gasteiger partial charge in [-0.15, -0.1) is 0 Å². The standard InChI is InChI=1S/C11H14N2/c1-13-9-5-8-11(13)12-10-6-3-2-4-7-10/h2-4,6-7H,5,8-9H2,1H3/b12-11-. The van der Waals surface area contributed by atoms with E-state index in [9.17, 15) is 0 Å². The van der Waals surface area contributed by atoms with Gasteiger partial charge in [0, 0.05) is 20.0 Å². The molecule has 13 heavy (non-hydrogen) atoms. The van der Waals surface area contributed by atoms with Gasteiger partial charge in [0.05, 0.1) is 5.69 Å². The lowest BCUT2D eigenvalue weighted by Gasteiger charge is -2.10. The third-order valence-corrected chi connectivity index (χ3v) is 2.35. The maximum atomic E-state index is 4.58. The average Bonchev–Trinajstić information content (AvgIpc) is 2.54. The fourth-order valence-corrected chi connectivity index (χ4v) is 1.59. The van der Waals surface area contributed by atoms with E-state index in [-0.39, 0.29) is 0 Å². The first-order valence-electron chi connectivity index (χ1n) is 4.70. The highest BCUT2D eigenvalue weighted by molar-refractivity contribution is 5.86. The molecule has 2 rings (SSSR count). The molecule has 0 N–H and O–H groups in total. The molecule has 0 atom stereocenters. The number of rotatable bonds is 1. The van der Waals surface area contributed by atoms with Crippen molar-refractivity contribution >= 4 is 11.5 Å². The molecule has 1 saturated heterocycles. The molecule has 1 heterocycles. The van der Waals surface area contributed by atoms with Crippen molar-refractivity contribution in [3.8, 4) is 0 Å². The smallest absolute Gasteiger partial charge is 0.105 e. The fraction of sp³-hybridized carbons (Fsp3) is 0.364. The molecule has 68 valence electrons. The second-order valence-corrected chi connectivity index (χ2v) is 3.39. The van der Waals surface area contributed by atoms with Gasteiger partial charge in [-0.25, -0.2) is 4.99 Å². The molecule has 0 saturated carbocycles. The van der Waals surface area contributed by atoms with Gasteiger partial charge in [-0.3, -0.25) is 0 Å². The summed E-state index contributed by atoms with van der Waals surface area (Å²) in [6.07, 6.45) is 2.35. The van der Waals surface area contributed by atoms with Crippen LogP contribution in [0.1, 0.15) is 12.8 Å². The van der Waals surface area contributed by atoms with Crippen LogP contribution in [-0.2, 0) is 0 Å². The minimum atomic E-state index is 1.06. The second-order valence-electron chi connectivity index (χ2n) is 3.39. The van der Waals surface area contributed by atoms with E-state index in [0.717, 1.165) is 18.7 Å². The van der Waals surface area contributed by atoms with Crippen LogP contribution >= 0.6 is 0 Å². The van der Waals surface area contributed by atoms with E-state index in [1.54, 1.807) is 0 Å². The molecule has 2 heteroatoms. The Morgan fingerprint density at radius 3 is 2.62 bits per heavy atom. The maximum absolute atomic E-state index is 4.58. The van der Waals surface area contributed by atoms with E-state index in [1.807, 2.05) is 30.3 Å². The second kappa shape index (κ2) is 3.60. The Kier molecular flexibility index (Phi) is 2.30. The summed E-state index contributed by atoms with van der Waals surface area (Å²) in [5, 5.41) is 0. The van der Waals surface area contributed by atoms with Crippen molar-refractivity contribution < 1.29 is 0 Å². The molecule has 1 fully saturated rings. The highest BCUT2D eigenvalue weighted by atomic mass is 15.2. The molecule has 0 aromatic heterocycles. The van der Waals surface area contributed by atoms with Gasteiger partial charge in [0.1, 0.15) is 5.84 Å². The predicted octanol–water partition coefficient (Wildman–Crippen LogP) is 2.44. The van der Waals surface area contributed by atoms with Crippen LogP contribution in [0.25, 0.3) is 0 Å². The maximum Gasteiger partial charge on any atom is 0.105 e. The van der Waals surface area contributed by atoms with Crippen LogP contribution in [0.2, 0.25) is 0 Å². The minimum absolute atomic E-state index is 1.06. The molecule has 0 bridgehead atoms. The Labute approximate surface area is 78.9 Å². The Morgan fingerprint density at radius 2 is 2.00 bits per heavy atom. The van der Waals surface area contributed by atoms with Crippen molar-refractivity contribution in [2.45, 2.75) is 12.8 Å². The highest BCUT2D eigenvalue weighted by Gasteiger charge is 2.13. The van der Waals surface area contributed by atoms with Gasteiger partial charge in [-0.1, -0.05) is 18.2 Å². The lowest BCUT2D eigenvalue weighted by Crippen LogP contribution is -2.18. The van der Waals surface area contributed by atoms with Crippen LogP contribution in [0.15, 0.2) is 35.3 Å². The minimum Gasteiger partial charge on any atom is -0.363 e. The highest BCUT2D eigenvalue weighted by Crippen LogP contribution is 2.16. The molecule has 2 nitrogen and oxygen atoms in total. The zero-order chi connectivity index (χ0) is 9.10.